The van der Waals surface area contributed by atoms with Crippen molar-refractivity contribution in [1.82, 2.24) is 4.90 Å². The lowest BCUT2D eigenvalue weighted by Gasteiger charge is -2.56. The number of methoxy groups -OCH3 is 1. The highest BCUT2D eigenvalue weighted by atomic mass is 16.5. The first-order valence-corrected chi connectivity index (χ1v) is 7.31. The summed E-state index contributed by atoms with van der Waals surface area (Å²) in [6, 6.07) is 1.61. The predicted molar refractivity (Wildman–Crippen MR) is 82.5 cm³/mol. The maximum atomic E-state index is 8.95. The zero-order valence-corrected chi connectivity index (χ0v) is 11.6. The molecular weight excluding hydrogens is 278 g/mol. The summed E-state index contributed by atoms with van der Waals surface area (Å²) in [7, 11) is -2.79. The number of piperidine rings is 1. The van der Waals surface area contributed by atoms with Crippen molar-refractivity contribution in [2.75, 3.05) is 20.6 Å². The van der Waals surface area contributed by atoms with Gasteiger partial charge in [-0.25, -0.2) is 0 Å². The summed E-state index contributed by atoms with van der Waals surface area (Å²) in [6.45, 7) is -2.54. The Balaban J connectivity index is 1.81. The molecule has 0 amide bonds. The first kappa shape index (κ1) is 6.54. The molecule has 0 aromatic heterocycles. The number of likely N-dealkylation sites (N-methyl/N-ethyl adjacent to an activating group) is 1. The third kappa shape index (κ3) is 1.28. The number of ether oxygens (including phenoxy) is 2. The highest BCUT2D eigenvalue weighted by Gasteiger charge is 2.64. The Kier molecular flexibility index (Phi) is 1.21. The zero-order chi connectivity index (χ0) is 23.5. The van der Waals surface area contributed by atoms with Crippen molar-refractivity contribution in [3.05, 3.63) is 35.4 Å². The number of hydrogen-bond donors (Lipinski definition) is 1. The summed E-state index contributed by atoms with van der Waals surface area (Å²) in [6.07, 6.45) is -2.16. The molecule has 1 N–H and O–H groups in total. The molecule has 4 aliphatic rings. The molecule has 2 bridgehead atoms. The number of benzene rings is 1. The van der Waals surface area contributed by atoms with E-state index in [9.17, 15) is 0 Å². The lowest BCUT2D eigenvalue weighted by atomic mass is 9.53. The van der Waals surface area contributed by atoms with Crippen LogP contribution in [0, 0.1) is 5.92 Å². The highest BCUT2D eigenvalue weighted by Crippen LogP contribution is 2.62. The number of aliphatic hydroxyl groups is 1. The fourth-order valence-electron chi connectivity index (χ4n) is 4.58. The van der Waals surface area contributed by atoms with Crippen LogP contribution >= 0.6 is 0 Å². The smallest absolute Gasteiger partial charge is 0.211 e. The Morgan fingerprint density at radius 2 is 2.59 bits per heavy atom. The summed E-state index contributed by atoms with van der Waals surface area (Å²) in [5.41, 5.74) is -0.529. The van der Waals surface area contributed by atoms with Gasteiger partial charge < -0.3 is 19.5 Å². The van der Waals surface area contributed by atoms with Gasteiger partial charge in [-0.1, -0.05) is 18.2 Å². The molecule has 2 unspecified atom stereocenters. The summed E-state index contributed by atoms with van der Waals surface area (Å²) < 4.78 is 91.7. The molecule has 2 aliphatic heterocycles. The molecule has 4 nitrogen and oxygen atoms in total. The molecule has 5 atom stereocenters. The summed E-state index contributed by atoms with van der Waals surface area (Å²) in [4.78, 5) is 1.18. The van der Waals surface area contributed by atoms with Gasteiger partial charge >= 0.3 is 0 Å². The second-order valence-electron chi connectivity index (χ2n) is 6.28. The Labute approximate surface area is 144 Å². The first-order chi connectivity index (χ1) is 14.7. The molecule has 0 radical (unpaired) electrons. The molecule has 22 heavy (non-hydrogen) atoms. The second kappa shape index (κ2) is 4.06. The maximum absolute atomic E-state index is 8.95. The largest absolute Gasteiger partial charge is 0.493 e. The van der Waals surface area contributed by atoms with Gasteiger partial charge in [0.05, 0.1) is 12.5 Å². The van der Waals surface area contributed by atoms with E-state index in [0.29, 0.717) is 5.56 Å². The summed E-state index contributed by atoms with van der Waals surface area (Å²) >= 11 is 0. The minimum atomic E-state index is -2.79. The Bertz CT molecular complexity index is 1010. The monoisotopic (exact) mass is 309 g/mol. The van der Waals surface area contributed by atoms with Crippen LogP contribution in [0.5, 0.6) is 11.5 Å². The molecular formula is C18H21NO3. The Morgan fingerprint density at radius 3 is 3.45 bits per heavy atom. The fourth-order valence-corrected chi connectivity index (χ4v) is 4.58. The normalized spacial score (nSPS) is 54.5. The Morgan fingerprint density at radius 1 is 1.59 bits per heavy atom. The third-order valence-corrected chi connectivity index (χ3v) is 5.47. The maximum Gasteiger partial charge on any atom is 0.211 e. The average molecular weight is 309 g/mol. The van der Waals surface area contributed by atoms with Gasteiger partial charge in [0.1, 0.15) is 12.2 Å². The van der Waals surface area contributed by atoms with Gasteiger partial charge in [-0.05, 0) is 37.9 Å². The lowest BCUT2D eigenvalue weighted by Crippen LogP contribution is -2.64. The number of hydrogen-bond acceptors (Lipinski definition) is 4. The van der Waals surface area contributed by atoms with Gasteiger partial charge in [0.15, 0.2) is 11.5 Å². The standard InChI is InChI=1S/C18H21NO3/c1-19-8-7-18-11-4-5-13(20)17(18)22-16-14(21-2)6-3-10(15(16)18)9-12(11)19/h3-6,11-13,17,20H,7-9H2,1-2H3/t11-,12+,13?,17?,18-/m0/s1/i1D3,2D3,9D2,13D,20D. The molecule has 5 rings (SSSR count). The average Bonchev–Trinajstić information content (AvgIpc) is 3.01. The number of likely N-dealkylation sites (tertiary alicyclic amines) is 1. The minimum Gasteiger partial charge on any atom is -0.493 e. The van der Waals surface area contributed by atoms with E-state index in [1.807, 2.05) is 0 Å². The van der Waals surface area contributed by atoms with Crippen LogP contribution < -0.4 is 9.47 Å². The molecule has 1 saturated heterocycles. The van der Waals surface area contributed by atoms with Gasteiger partial charge in [-0.3, -0.25) is 0 Å². The Hall–Kier alpha value is -1.52. The van der Waals surface area contributed by atoms with Crippen molar-refractivity contribution >= 4 is 0 Å². The minimum absolute atomic E-state index is 0.00217. The molecule has 1 aromatic carbocycles. The van der Waals surface area contributed by atoms with Crippen molar-refractivity contribution in [1.29, 1.82) is 1.43 Å². The lowest BCUT2D eigenvalue weighted by molar-refractivity contribution is -0.0453. The van der Waals surface area contributed by atoms with Crippen LogP contribution in [0.2, 0.25) is 0 Å². The van der Waals surface area contributed by atoms with E-state index < -0.39 is 49.9 Å². The summed E-state index contributed by atoms with van der Waals surface area (Å²) in [5.74, 6) is -0.816. The number of rotatable bonds is 2. The van der Waals surface area contributed by atoms with Crippen molar-refractivity contribution in [3.8, 4) is 11.5 Å². The topological polar surface area (TPSA) is 41.9 Å². The quantitative estimate of drug-likeness (QED) is 0.841. The molecule has 1 fully saturated rings. The van der Waals surface area contributed by atoms with Crippen LogP contribution in [0.3, 0.4) is 0 Å². The van der Waals surface area contributed by atoms with Crippen molar-refractivity contribution in [3.63, 3.8) is 0 Å². The van der Waals surface area contributed by atoms with Gasteiger partial charge in [0.25, 0.3) is 0 Å². The van der Waals surface area contributed by atoms with Gasteiger partial charge in [-0.2, -0.15) is 0 Å². The van der Waals surface area contributed by atoms with Crippen LogP contribution in [0.25, 0.3) is 0 Å². The van der Waals surface area contributed by atoms with E-state index in [0.717, 1.165) is 0 Å². The fraction of sp³-hybridized carbons (Fsp3) is 0.556. The molecule has 4 heteroatoms. The highest BCUT2D eigenvalue weighted by molar-refractivity contribution is 5.62. The molecule has 2 heterocycles. The van der Waals surface area contributed by atoms with Crippen LogP contribution in [0.4, 0.5) is 0 Å². The van der Waals surface area contributed by atoms with Crippen molar-refractivity contribution in [2.45, 2.75) is 36.4 Å². The molecule has 1 spiro atoms. The van der Waals surface area contributed by atoms with Crippen molar-refractivity contribution < 1.29 is 26.9 Å². The zero-order valence-electron chi connectivity index (χ0n) is 21.6. The van der Waals surface area contributed by atoms with Crippen LogP contribution in [-0.2, 0) is 11.8 Å². The molecule has 116 valence electrons. The predicted octanol–water partition coefficient (Wildman–Crippen LogP) is 1.50. The van der Waals surface area contributed by atoms with Crippen LogP contribution in [-0.4, -0.2) is 50.2 Å². The van der Waals surface area contributed by atoms with E-state index in [2.05, 4.69) is 0 Å². The van der Waals surface area contributed by atoms with E-state index in [4.69, 9.17) is 28.4 Å². The SMILES string of the molecule is [2H]OC1([2H])C=C[C@H]2[C@@H]3N(C([2H])([2H])[2H])CC[C@@]24c2c(ccc(OC([2H])([2H])[2H])c2OC14)C3([2H])[2H]. The van der Waals surface area contributed by atoms with E-state index >= 15 is 0 Å². The molecule has 1 aromatic rings. The number of nitrogens with zero attached hydrogens (tertiary/aromatic N) is 1. The van der Waals surface area contributed by atoms with Crippen LogP contribution in [0.1, 0.15) is 29.9 Å². The second-order valence-corrected chi connectivity index (χ2v) is 6.28. The van der Waals surface area contributed by atoms with Crippen LogP contribution in [0.15, 0.2) is 24.3 Å². The van der Waals surface area contributed by atoms with Gasteiger partial charge in [0, 0.05) is 29.8 Å². The van der Waals surface area contributed by atoms with E-state index in [1.54, 1.807) is 6.08 Å². The first-order valence-electron chi connectivity index (χ1n) is 12.2. The molecule has 0 saturated carbocycles. The van der Waals surface area contributed by atoms with Gasteiger partial charge in [-0.15, -0.1) is 0 Å². The van der Waals surface area contributed by atoms with E-state index in [-0.39, 0.29) is 30.0 Å². The molecule has 2 aliphatic carbocycles. The van der Waals surface area contributed by atoms with E-state index in [1.165, 1.54) is 23.1 Å². The van der Waals surface area contributed by atoms with Gasteiger partial charge in [0.2, 0.25) is 1.43 Å². The summed E-state index contributed by atoms with van der Waals surface area (Å²) in [5, 5.41) is 4.74. The third-order valence-electron chi connectivity index (χ3n) is 5.47. The van der Waals surface area contributed by atoms with Crippen molar-refractivity contribution in [2.24, 2.45) is 5.92 Å².